The number of nitrogens with two attached hydrogens (primary N) is 1. The topological polar surface area (TPSA) is 64.3 Å². The van der Waals surface area contributed by atoms with Gasteiger partial charge in [0.2, 0.25) is 0 Å². The van der Waals surface area contributed by atoms with Gasteiger partial charge in [0.05, 0.1) is 17.6 Å². The Hall–Kier alpha value is -1.88. The number of nitrogens with zero attached hydrogens (tertiary/aromatic N) is 3. The second kappa shape index (κ2) is 5.01. The molecule has 0 bridgehead atoms. The molecule has 19 heavy (non-hydrogen) atoms. The number of ether oxygens (including phenoxy) is 1. The fraction of sp³-hybridized carbons (Fsp3) is 0.429. The summed E-state index contributed by atoms with van der Waals surface area (Å²) in [6.45, 7) is 4.26. The van der Waals surface area contributed by atoms with E-state index in [-0.39, 0.29) is 6.04 Å². The minimum absolute atomic E-state index is 0.211. The first-order valence-corrected chi connectivity index (χ1v) is 6.68. The van der Waals surface area contributed by atoms with Gasteiger partial charge in [0, 0.05) is 19.1 Å². The van der Waals surface area contributed by atoms with Crippen molar-refractivity contribution in [1.29, 1.82) is 0 Å². The lowest BCUT2D eigenvalue weighted by atomic mass is 10.3. The van der Waals surface area contributed by atoms with E-state index in [1.54, 1.807) is 0 Å². The summed E-state index contributed by atoms with van der Waals surface area (Å²) in [6.07, 6.45) is 0.986. The van der Waals surface area contributed by atoms with Crippen LogP contribution in [0.5, 0.6) is 5.88 Å². The van der Waals surface area contributed by atoms with E-state index >= 15 is 0 Å². The van der Waals surface area contributed by atoms with E-state index < -0.39 is 0 Å². The van der Waals surface area contributed by atoms with E-state index in [0.717, 1.165) is 36.4 Å². The smallest absolute Gasteiger partial charge is 0.258 e. The van der Waals surface area contributed by atoms with Crippen LogP contribution in [0.1, 0.15) is 13.3 Å². The molecule has 0 unspecified atom stereocenters. The summed E-state index contributed by atoms with van der Waals surface area (Å²) in [6, 6.07) is 8.06. The van der Waals surface area contributed by atoms with Crippen molar-refractivity contribution in [3.8, 4) is 5.88 Å². The molecule has 5 heteroatoms. The van der Waals surface area contributed by atoms with Crippen molar-refractivity contribution < 1.29 is 4.74 Å². The summed E-state index contributed by atoms with van der Waals surface area (Å²) in [5.41, 5.74) is 7.72. The molecule has 1 aliphatic heterocycles. The van der Waals surface area contributed by atoms with Gasteiger partial charge < -0.3 is 15.4 Å². The number of fused-ring (bicyclic) bond motifs is 1. The van der Waals surface area contributed by atoms with E-state index in [0.29, 0.717) is 12.5 Å². The Labute approximate surface area is 112 Å². The second-order valence-corrected chi connectivity index (χ2v) is 4.77. The molecule has 0 amide bonds. The molecule has 2 N–H and O–H groups in total. The molecule has 100 valence electrons. The highest BCUT2D eigenvalue weighted by Crippen LogP contribution is 2.29. The summed E-state index contributed by atoms with van der Waals surface area (Å²) in [5, 5.41) is 0. The maximum absolute atomic E-state index is 5.97. The minimum atomic E-state index is 0.211. The van der Waals surface area contributed by atoms with Crippen LogP contribution < -0.4 is 15.4 Å². The average molecular weight is 258 g/mol. The van der Waals surface area contributed by atoms with Crippen molar-refractivity contribution in [2.24, 2.45) is 5.73 Å². The molecule has 2 aromatic rings. The minimum Gasteiger partial charge on any atom is -0.475 e. The van der Waals surface area contributed by atoms with Crippen molar-refractivity contribution in [2.75, 3.05) is 24.6 Å². The van der Waals surface area contributed by atoms with Crippen LogP contribution in [-0.2, 0) is 0 Å². The number of benzene rings is 1. The van der Waals surface area contributed by atoms with Gasteiger partial charge in [-0.05, 0) is 25.5 Å². The van der Waals surface area contributed by atoms with Crippen LogP contribution in [0.4, 0.5) is 5.82 Å². The molecule has 1 aromatic heterocycles. The number of hydrogen-bond acceptors (Lipinski definition) is 5. The van der Waals surface area contributed by atoms with Crippen molar-refractivity contribution in [3.63, 3.8) is 0 Å². The summed E-state index contributed by atoms with van der Waals surface area (Å²) < 4.78 is 5.64. The molecule has 3 rings (SSSR count). The van der Waals surface area contributed by atoms with Crippen molar-refractivity contribution in [1.82, 2.24) is 9.97 Å². The predicted octanol–water partition coefficient (Wildman–Crippen LogP) is 1.57. The van der Waals surface area contributed by atoms with Crippen LogP contribution in [0.3, 0.4) is 0 Å². The molecule has 5 nitrogen and oxygen atoms in total. The first kappa shape index (κ1) is 12.2. The van der Waals surface area contributed by atoms with Crippen LogP contribution in [0, 0.1) is 0 Å². The van der Waals surface area contributed by atoms with E-state index in [2.05, 4.69) is 9.88 Å². The molecular formula is C14H18N4O. The maximum atomic E-state index is 5.97. The summed E-state index contributed by atoms with van der Waals surface area (Å²) >= 11 is 0. The number of para-hydroxylation sites is 2. The molecule has 1 fully saturated rings. The fourth-order valence-corrected chi connectivity index (χ4v) is 2.39. The molecule has 0 aliphatic carbocycles. The first-order valence-electron chi connectivity index (χ1n) is 6.68. The van der Waals surface area contributed by atoms with Gasteiger partial charge >= 0.3 is 0 Å². The standard InChI is InChI=1S/C14H18N4O/c1-2-19-14-13(18-8-7-10(15)9-18)16-11-5-3-4-6-12(11)17-14/h3-6,10H,2,7-9,15H2,1H3/t10-/m0/s1. The van der Waals surface area contributed by atoms with Crippen LogP contribution in [-0.4, -0.2) is 35.7 Å². The molecule has 1 aliphatic rings. The third kappa shape index (κ3) is 2.33. The zero-order valence-electron chi connectivity index (χ0n) is 11.0. The van der Waals surface area contributed by atoms with Crippen molar-refractivity contribution in [3.05, 3.63) is 24.3 Å². The fourth-order valence-electron chi connectivity index (χ4n) is 2.39. The molecule has 1 aromatic carbocycles. The predicted molar refractivity (Wildman–Crippen MR) is 75.5 cm³/mol. The van der Waals surface area contributed by atoms with Gasteiger partial charge in [-0.1, -0.05) is 12.1 Å². The van der Waals surface area contributed by atoms with E-state index in [4.69, 9.17) is 15.5 Å². The Bertz CT molecular complexity index is 587. The normalized spacial score (nSPS) is 19.1. The Kier molecular flexibility index (Phi) is 3.21. The van der Waals surface area contributed by atoms with E-state index in [9.17, 15) is 0 Å². The van der Waals surface area contributed by atoms with E-state index in [1.807, 2.05) is 31.2 Å². The van der Waals surface area contributed by atoms with Gasteiger partial charge in [-0.25, -0.2) is 9.97 Å². The number of hydrogen-bond donors (Lipinski definition) is 1. The summed E-state index contributed by atoms with van der Waals surface area (Å²) in [7, 11) is 0. The van der Waals surface area contributed by atoms with Crippen molar-refractivity contribution >= 4 is 16.9 Å². The van der Waals surface area contributed by atoms with Crippen LogP contribution >= 0.6 is 0 Å². The first-order chi connectivity index (χ1) is 9.28. The lowest BCUT2D eigenvalue weighted by Crippen LogP contribution is -2.27. The van der Waals surface area contributed by atoms with E-state index in [1.165, 1.54) is 0 Å². The molecule has 0 saturated carbocycles. The molecule has 0 radical (unpaired) electrons. The summed E-state index contributed by atoms with van der Waals surface area (Å²) in [5.74, 6) is 1.42. The Balaban J connectivity index is 2.07. The number of anilines is 1. The zero-order valence-corrected chi connectivity index (χ0v) is 11.0. The van der Waals surface area contributed by atoms with Crippen LogP contribution in [0.15, 0.2) is 24.3 Å². The highest BCUT2D eigenvalue weighted by molar-refractivity contribution is 5.77. The average Bonchev–Trinajstić information content (AvgIpc) is 2.85. The monoisotopic (exact) mass is 258 g/mol. The highest BCUT2D eigenvalue weighted by Gasteiger charge is 2.24. The summed E-state index contributed by atoms with van der Waals surface area (Å²) in [4.78, 5) is 11.4. The highest BCUT2D eigenvalue weighted by atomic mass is 16.5. The van der Waals surface area contributed by atoms with Crippen LogP contribution in [0.25, 0.3) is 11.0 Å². The number of aromatic nitrogens is 2. The lowest BCUT2D eigenvalue weighted by Gasteiger charge is -2.19. The zero-order chi connectivity index (χ0) is 13.2. The molecule has 0 spiro atoms. The Morgan fingerprint density at radius 2 is 2.05 bits per heavy atom. The van der Waals surface area contributed by atoms with Gasteiger partial charge in [0.25, 0.3) is 5.88 Å². The molecule has 2 heterocycles. The maximum Gasteiger partial charge on any atom is 0.258 e. The molecular weight excluding hydrogens is 240 g/mol. The van der Waals surface area contributed by atoms with Gasteiger partial charge in [-0.3, -0.25) is 0 Å². The third-order valence-electron chi connectivity index (χ3n) is 3.33. The van der Waals surface area contributed by atoms with Crippen molar-refractivity contribution in [2.45, 2.75) is 19.4 Å². The Morgan fingerprint density at radius 3 is 2.68 bits per heavy atom. The van der Waals surface area contributed by atoms with Gasteiger partial charge in [0.15, 0.2) is 5.82 Å². The third-order valence-corrected chi connectivity index (χ3v) is 3.33. The Morgan fingerprint density at radius 1 is 1.32 bits per heavy atom. The van der Waals surface area contributed by atoms with Gasteiger partial charge in [0.1, 0.15) is 0 Å². The van der Waals surface area contributed by atoms with Gasteiger partial charge in [-0.2, -0.15) is 0 Å². The second-order valence-electron chi connectivity index (χ2n) is 4.77. The molecule has 1 saturated heterocycles. The van der Waals surface area contributed by atoms with Gasteiger partial charge in [-0.15, -0.1) is 0 Å². The molecule has 1 atom stereocenters. The SMILES string of the molecule is CCOc1nc2ccccc2nc1N1CC[C@H](N)C1. The quantitative estimate of drug-likeness (QED) is 0.905. The van der Waals surface area contributed by atoms with Crippen LogP contribution in [0.2, 0.25) is 0 Å². The number of rotatable bonds is 3. The lowest BCUT2D eigenvalue weighted by molar-refractivity contribution is 0.327. The largest absolute Gasteiger partial charge is 0.475 e.